The molecule has 0 aliphatic carbocycles. The van der Waals surface area contributed by atoms with Crippen molar-refractivity contribution in [2.45, 2.75) is 27.2 Å². The summed E-state index contributed by atoms with van der Waals surface area (Å²) in [6.45, 7) is 6.32. The van der Waals surface area contributed by atoms with Gasteiger partial charge in [0.2, 0.25) is 5.12 Å². The maximum absolute atomic E-state index is 11.0. The highest BCUT2D eigenvalue weighted by atomic mass is 32.2. The fourth-order valence-electron chi connectivity index (χ4n) is 0.754. The Bertz CT molecular complexity index is 192. The van der Waals surface area contributed by atoms with E-state index in [1.165, 1.54) is 11.8 Å². The van der Waals surface area contributed by atoms with Crippen LogP contribution in [0, 0.1) is 5.92 Å². The Kier molecular flexibility index (Phi) is 7.80. The van der Waals surface area contributed by atoms with Gasteiger partial charge in [0.05, 0.1) is 0 Å². The number of carbonyl (C=O) groups is 1. The van der Waals surface area contributed by atoms with Gasteiger partial charge in [0.15, 0.2) is 0 Å². The molecule has 0 saturated carbocycles. The molecule has 0 amide bonds. The summed E-state index contributed by atoms with van der Waals surface area (Å²) < 4.78 is 0. The van der Waals surface area contributed by atoms with Crippen LogP contribution in [-0.2, 0) is 4.79 Å². The zero-order valence-electron chi connectivity index (χ0n) is 8.62. The van der Waals surface area contributed by atoms with Gasteiger partial charge in [-0.2, -0.15) is 0 Å². The average Bonchev–Trinajstić information content (AvgIpc) is 2.03. The summed E-state index contributed by atoms with van der Waals surface area (Å²) in [5, 5.41) is 0.136. The topological polar surface area (TPSA) is 17.1 Å². The fourth-order valence-corrected chi connectivity index (χ4v) is 1.21. The Hall–Kier alpha value is -0.500. The van der Waals surface area contributed by atoms with Crippen molar-refractivity contribution < 1.29 is 4.79 Å². The highest BCUT2D eigenvalue weighted by Crippen LogP contribution is 2.02. The number of rotatable bonds is 5. The second-order valence-corrected chi connectivity index (χ2v) is 4.44. The smallest absolute Gasteiger partial charge is 0.212 e. The van der Waals surface area contributed by atoms with Crippen molar-refractivity contribution >= 4 is 16.9 Å². The predicted octanol–water partition coefficient (Wildman–Crippen LogP) is 3.42. The highest BCUT2D eigenvalue weighted by Gasteiger charge is 1.91. The van der Waals surface area contributed by atoms with E-state index in [0.29, 0.717) is 5.92 Å². The van der Waals surface area contributed by atoms with Crippen LogP contribution in [0.2, 0.25) is 0 Å². The first kappa shape index (κ1) is 12.5. The lowest BCUT2D eigenvalue weighted by atomic mass is 10.1. The van der Waals surface area contributed by atoms with Crippen LogP contribution in [0.3, 0.4) is 0 Å². The molecular weight excluding hydrogens is 180 g/mol. The molecular formula is C11H18OS. The summed E-state index contributed by atoms with van der Waals surface area (Å²) in [5.41, 5.74) is 0. The molecule has 0 aromatic rings. The Morgan fingerprint density at radius 3 is 2.62 bits per heavy atom. The minimum absolute atomic E-state index is 0.136. The predicted molar refractivity (Wildman–Crippen MR) is 60.9 cm³/mol. The molecule has 0 fully saturated rings. The Morgan fingerprint density at radius 2 is 2.08 bits per heavy atom. The molecule has 0 bridgehead atoms. The minimum Gasteiger partial charge on any atom is -0.282 e. The van der Waals surface area contributed by atoms with Crippen molar-refractivity contribution in [1.29, 1.82) is 0 Å². The maximum atomic E-state index is 11.0. The Balaban J connectivity index is 3.61. The monoisotopic (exact) mass is 198 g/mol. The van der Waals surface area contributed by atoms with Gasteiger partial charge in [0.25, 0.3) is 0 Å². The lowest BCUT2D eigenvalue weighted by Gasteiger charge is -1.94. The van der Waals surface area contributed by atoms with E-state index < -0.39 is 0 Å². The number of hydrogen-bond acceptors (Lipinski definition) is 2. The highest BCUT2D eigenvalue weighted by molar-refractivity contribution is 8.14. The third-order valence-corrected chi connectivity index (χ3v) is 2.08. The molecule has 0 saturated heterocycles. The van der Waals surface area contributed by atoms with Gasteiger partial charge in [-0.1, -0.05) is 50.8 Å². The van der Waals surface area contributed by atoms with E-state index in [1.54, 1.807) is 6.08 Å². The molecule has 0 unspecified atom stereocenters. The molecule has 0 aromatic heterocycles. The van der Waals surface area contributed by atoms with Gasteiger partial charge >= 0.3 is 0 Å². The molecule has 0 atom stereocenters. The Morgan fingerprint density at radius 1 is 1.38 bits per heavy atom. The maximum Gasteiger partial charge on any atom is 0.212 e. The van der Waals surface area contributed by atoms with E-state index >= 15 is 0 Å². The molecule has 0 N–H and O–H groups in total. The van der Waals surface area contributed by atoms with Crippen molar-refractivity contribution in [3.05, 3.63) is 24.3 Å². The molecule has 0 aromatic carbocycles. The van der Waals surface area contributed by atoms with Gasteiger partial charge < -0.3 is 0 Å². The van der Waals surface area contributed by atoms with Gasteiger partial charge in [-0.05, 0) is 24.2 Å². The minimum atomic E-state index is 0.136. The summed E-state index contributed by atoms with van der Waals surface area (Å²) in [5.74, 6) is 1.53. The first-order chi connectivity index (χ1) is 6.16. The second-order valence-electron chi connectivity index (χ2n) is 3.17. The van der Waals surface area contributed by atoms with Gasteiger partial charge in [0, 0.05) is 0 Å². The molecule has 0 heterocycles. The molecule has 0 aliphatic rings. The average molecular weight is 198 g/mol. The van der Waals surface area contributed by atoms with Crippen molar-refractivity contribution in [3.8, 4) is 0 Å². The zero-order valence-corrected chi connectivity index (χ0v) is 9.43. The molecule has 13 heavy (non-hydrogen) atoms. The molecule has 0 radical (unpaired) electrons. The second kappa shape index (κ2) is 8.11. The number of carbonyl (C=O) groups excluding carboxylic acids is 1. The van der Waals surface area contributed by atoms with Crippen LogP contribution in [0.5, 0.6) is 0 Å². The van der Waals surface area contributed by atoms with Crippen LogP contribution >= 0.6 is 11.8 Å². The van der Waals surface area contributed by atoms with E-state index in [1.807, 2.05) is 19.1 Å². The van der Waals surface area contributed by atoms with E-state index in [2.05, 4.69) is 19.9 Å². The lowest BCUT2D eigenvalue weighted by Crippen LogP contribution is -1.84. The van der Waals surface area contributed by atoms with Crippen LogP contribution in [-0.4, -0.2) is 10.9 Å². The molecule has 0 spiro atoms. The normalized spacial score (nSPS) is 12.0. The van der Waals surface area contributed by atoms with Gasteiger partial charge in [0.1, 0.15) is 0 Å². The summed E-state index contributed by atoms with van der Waals surface area (Å²) in [6, 6.07) is 0. The number of hydrogen-bond donors (Lipinski definition) is 0. The van der Waals surface area contributed by atoms with Crippen molar-refractivity contribution in [2.24, 2.45) is 5.92 Å². The van der Waals surface area contributed by atoms with E-state index in [-0.39, 0.29) is 5.12 Å². The summed E-state index contributed by atoms with van der Waals surface area (Å²) in [4.78, 5) is 11.0. The first-order valence-electron chi connectivity index (χ1n) is 4.66. The van der Waals surface area contributed by atoms with E-state index in [0.717, 1.165) is 12.2 Å². The van der Waals surface area contributed by atoms with Crippen molar-refractivity contribution in [1.82, 2.24) is 0 Å². The largest absolute Gasteiger partial charge is 0.282 e. The van der Waals surface area contributed by atoms with Gasteiger partial charge in [-0.3, -0.25) is 4.79 Å². The van der Waals surface area contributed by atoms with E-state index in [4.69, 9.17) is 0 Å². The molecule has 0 rings (SSSR count). The first-order valence-corrected chi connectivity index (χ1v) is 5.65. The Labute approximate surface area is 85.3 Å². The molecule has 1 nitrogen and oxygen atoms in total. The third kappa shape index (κ3) is 9.41. The SMILES string of the molecule is CCSC(=O)/C=C/C=C/CC(C)C. The number of allylic oxidation sites excluding steroid dienone is 3. The van der Waals surface area contributed by atoms with Crippen LogP contribution in [0.25, 0.3) is 0 Å². The van der Waals surface area contributed by atoms with Crippen LogP contribution in [0.1, 0.15) is 27.2 Å². The summed E-state index contributed by atoms with van der Waals surface area (Å²) in [7, 11) is 0. The van der Waals surface area contributed by atoms with E-state index in [9.17, 15) is 4.79 Å². The number of thioether (sulfide) groups is 1. The zero-order chi connectivity index (χ0) is 10.1. The fraction of sp³-hybridized carbons (Fsp3) is 0.545. The molecule has 0 aliphatic heterocycles. The van der Waals surface area contributed by atoms with Crippen LogP contribution in [0.15, 0.2) is 24.3 Å². The van der Waals surface area contributed by atoms with Crippen molar-refractivity contribution in [2.75, 3.05) is 5.75 Å². The van der Waals surface area contributed by atoms with Gasteiger partial charge in [-0.25, -0.2) is 0 Å². The third-order valence-electron chi connectivity index (χ3n) is 1.37. The standard InChI is InChI=1S/C11H18OS/c1-4-13-11(12)9-7-5-6-8-10(2)3/h5-7,9-10H,4,8H2,1-3H3/b6-5+,9-7+. The van der Waals surface area contributed by atoms with Crippen molar-refractivity contribution in [3.63, 3.8) is 0 Å². The lowest BCUT2D eigenvalue weighted by molar-refractivity contribution is -0.107. The summed E-state index contributed by atoms with van der Waals surface area (Å²) in [6.07, 6.45) is 8.52. The molecule has 74 valence electrons. The van der Waals surface area contributed by atoms with Gasteiger partial charge in [-0.15, -0.1) is 0 Å². The summed E-state index contributed by atoms with van der Waals surface area (Å²) >= 11 is 1.34. The quantitative estimate of drug-likeness (QED) is 0.497. The van der Waals surface area contributed by atoms with Crippen LogP contribution < -0.4 is 0 Å². The van der Waals surface area contributed by atoms with Crippen LogP contribution in [0.4, 0.5) is 0 Å². The molecule has 2 heteroatoms.